The van der Waals surface area contributed by atoms with Crippen LogP contribution in [-0.2, 0) is 0 Å². The van der Waals surface area contributed by atoms with Crippen molar-refractivity contribution < 1.29 is 8.85 Å². The molecule has 0 atom stereocenters. The molecule has 1 heteroatoms. The van der Waals surface area contributed by atoms with Gasteiger partial charge < -0.3 is 4.74 Å². The second-order valence-electron chi connectivity index (χ2n) is 1.34. The molecule has 0 saturated carbocycles. The van der Waals surface area contributed by atoms with E-state index in [0.29, 0.717) is 5.75 Å². The highest BCUT2D eigenvalue weighted by atomic mass is 16.5. The van der Waals surface area contributed by atoms with E-state index in [1.165, 1.54) is 0 Å². The molecule has 0 N–H and O–H groups in total. The maximum Gasteiger partial charge on any atom is 0.118 e. The number of benzene rings is 1. The van der Waals surface area contributed by atoms with E-state index in [-0.39, 0.29) is 0 Å². The number of hydrogen-bond donors (Lipinski definition) is 0. The van der Waals surface area contributed by atoms with Crippen molar-refractivity contribution in [3.05, 3.63) is 30.3 Å². The van der Waals surface area contributed by atoms with E-state index in [0.717, 1.165) is 0 Å². The Labute approximate surface area is 53.1 Å². The second kappa shape index (κ2) is 2.36. The molecule has 0 saturated heterocycles. The van der Waals surface area contributed by atoms with Crippen LogP contribution < -0.4 is 4.74 Å². The maximum absolute atomic E-state index is 6.77. The van der Waals surface area contributed by atoms with Crippen molar-refractivity contribution in [1.82, 2.24) is 0 Å². The summed E-state index contributed by atoms with van der Waals surface area (Å²) in [5.41, 5.74) is 0. The third kappa shape index (κ3) is 0.997. The molecule has 0 unspecified atom stereocenters. The van der Waals surface area contributed by atoms with Crippen molar-refractivity contribution in [2.24, 2.45) is 0 Å². The van der Waals surface area contributed by atoms with Crippen molar-refractivity contribution in [2.75, 3.05) is 7.04 Å². The largest absolute Gasteiger partial charge is 0.497 e. The molecule has 0 spiro atoms. The molecule has 1 aromatic carbocycles. The highest BCUT2D eigenvalue weighted by Crippen LogP contribution is 2.05. The molecule has 0 aromatic heterocycles. The van der Waals surface area contributed by atoms with Crippen molar-refractivity contribution in [2.45, 2.75) is 0 Å². The van der Waals surface area contributed by atoms with Gasteiger partial charge in [-0.3, -0.25) is 0 Å². The SMILES string of the molecule is [2H]C([2H])([2H])Oc1cc[c]cc1. The molecular formula is C7H7O. The summed E-state index contributed by atoms with van der Waals surface area (Å²) >= 11 is 0. The van der Waals surface area contributed by atoms with E-state index >= 15 is 0 Å². The smallest absolute Gasteiger partial charge is 0.118 e. The molecule has 0 bridgehead atoms. The maximum atomic E-state index is 6.77. The first kappa shape index (κ1) is 2.53. The fraction of sp³-hybridized carbons (Fsp3) is 0.143. The highest BCUT2D eigenvalue weighted by molar-refractivity contribution is 5.19. The third-order valence-electron chi connectivity index (χ3n) is 0.806. The van der Waals surface area contributed by atoms with Gasteiger partial charge in [-0.15, -0.1) is 0 Å². The topological polar surface area (TPSA) is 9.23 Å². The first-order valence-corrected chi connectivity index (χ1v) is 2.23. The molecule has 0 amide bonds. The number of ether oxygens (including phenoxy) is 1. The zero-order chi connectivity index (χ0) is 8.32. The van der Waals surface area contributed by atoms with Gasteiger partial charge in [-0.25, -0.2) is 0 Å². The van der Waals surface area contributed by atoms with Gasteiger partial charge in [0.05, 0.1) is 11.2 Å². The Morgan fingerprint density at radius 2 is 2.38 bits per heavy atom. The van der Waals surface area contributed by atoms with Crippen LogP contribution in [0.15, 0.2) is 24.3 Å². The van der Waals surface area contributed by atoms with Crippen LogP contribution >= 0.6 is 0 Å². The van der Waals surface area contributed by atoms with Gasteiger partial charge in [-0.1, -0.05) is 12.1 Å². The van der Waals surface area contributed by atoms with Crippen LogP contribution in [0.25, 0.3) is 0 Å². The lowest BCUT2D eigenvalue weighted by Crippen LogP contribution is -1.78. The summed E-state index contributed by atoms with van der Waals surface area (Å²) in [6.07, 6.45) is 0. The molecule has 0 fully saturated rings. The van der Waals surface area contributed by atoms with E-state index in [2.05, 4.69) is 10.8 Å². The average Bonchev–Trinajstić information content (AvgIpc) is 1.85. The van der Waals surface area contributed by atoms with Crippen LogP contribution in [0.1, 0.15) is 4.11 Å². The van der Waals surface area contributed by atoms with E-state index in [1.54, 1.807) is 24.3 Å². The lowest BCUT2D eigenvalue weighted by atomic mass is 10.3. The van der Waals surface area contributed by atoms with Gasteiger partial charge in [0.25, 0.3) is 0 Å². The summed E-state index contributed by atoms with van der Waals surface area (Å²) in [5, 5.41) is 0. The van der Waals surface area contributed by atoms with Crippen LogP contribution in [0.5, 0.6) is 5.75 Å². The third-order valence-corrected chi connectivity index (χ3v) is 0.806. The first-order chi connectivity index (χ1) is 5.08. The monoisotopic (exact) mass is 110 g/mol. The molecule has 0 aliphatic heterocycles. The summed E-state index contributed by atoms with van der Waals surface area (Å²) in [7, 11) is -2.36. The van der Waals surface area contributed by atoms with Crippen molar-refractivity contribution >= 4 is 0 Å². The molecule has 1 nitrogen and oxygen atoms in total. The Bertz CT molecular complexity index is 217. The van der Waals surface area contributed by atoms with Crippen molar-refractivity contribution in [3.8, 4) is 5.75 Å². The van der Waals surface area contributed by atoms with E-state index in [4.69, 9.17) is 4.11 Å². The van der Waals surface area contributed by atoms with Crippen molar-refractivity contribution in [3.63, 3.8) is 0 Å². The average molecular weight is 110 g/mol. The van der Waals surface area contributed by atoms with Crippen LogP contribution in [-0.4, -0.2) is 7.04 Å². The van der Waals surface area contributed by atoms with E-state index < -0.39 is 7.04 Å². The van der Waals surface area contributed by atoms with Crippen LogP contribution in [0, 0.1) is 6.07 Å². The Hall–Kier alpha value is -0.980. The Morgan fingerprint density at radius 1 is 1.62 bits per heavy atom. The predicted molar refractivity (Wildman–Crippen MR) is 31.8 cm³/mol. The first-order valence-electron chi connectivity index (χ1n) is 3.73. The van der Waals surface area contributed by atoms with Crippen molar-refractivity contribution in [1.29, 1.82) is 0 Å². The van der Waals surface area contributed by atoms with Gasteiger partial charge >= 0.3 is 0 Å². The molecule has 1 radical (unpaired) electrons. The second-order valence-corrected chi connectivity index (χ2v) is 1.34. The van der Waals surface area contributed by atoms with Gasteiger partial charge in [-0.2, -0.15) is 0 Å². The van der Waals surface area contributed by atoms with Crippen LogP contribution in [0.2, 0.25) is 0 Å². The zero-order valence-corrected chi connectivity index (χ0v) is 4.22. The number of methoxy groups -OCH3 is 1. The molecule has 0 aliphatic carbocycles. The molecule has 1 rings (SSSR count). The van der Waals surface area contributed by atoms with E-state index in [1.807, 2.05) is 0 Å². The molecule has 0 aliphatic rings. The summed E-state index contributed by atoms with van der Waals surface area (Å²) in [4.78, 5) is 0. The number of rotatable bonds is 1. The lowest BCUT2D eigenvalue weighted by Gasteiger charge is -1.93. The van der Waals surface area contributed by atoms with Crippen LogP contribution in [0.3, 0.4) is 0 Å². The van der Waals surface area contributed by atoms with Gasteiger partial charge in [0.2, 0.25) is 0 Å². The summed E-state index contributed by atoms with van der Waals surface area (Å²) in [6.45, 7) is 0. The van der Waals surface area contributed by atoms with Gasteiger partial charge in [0.15, 0.2) is 0 Å². The summed E-state index contributed by atoms with van der Waals surface area (Å²) in [5.74, 6) is 0.337. The zero-order valence-electron chi connectivity index (χ0n) is 7.22. The fourth-order valence-electron chi connectivity index (χ4n) is 0.440. The Morgan fingerprint density at radius 3 is 3.00 bits per heavy atom. The lowest BCUT2D eigenvalue weighted by molar-refractivity contribution is 0.415. The molecule has 1 aromatic rings. The molecule has 8 heavy (non-hydrogen) atoms. The number of hydrogen-bond acceptors (Lipinski definition) is 1. The van der Waals surface area contributed by atoms with Gasteiger partial charge in [0, 0.05) is 0 Å². The molecule has 0 heterocycles. The van der Waals surface area contributed by atoms with E-state index in [9.17, 15) is 0 Å². The Balaban J connectivity index is 2.66. The Kier molecular flexibility index (Phi) is 0.747. The van der Waals surface area contributed by atoms with Gasteiger partial charge in [-0.05, 0) is 18.2 Å². The molecule has 41 valence electrons. The van der Waals surface area contributed by atoms with Gasteiger partial charge in [0.1, 0.15) is 5.75 Å². The minimum absolute atomic E-state index is 0.337. The predicted octanol–water partition coefficient (Wildman–Crippen LogP) is 1.50. The minimum atomic E-state index is -2.36. The minimum Gasteiger partial charge on any atom is -0.497 e. The normalized spacial score (nSPS) is 15.8. The summed E-state index contributed by atoms with van der Waals surface area (Å²) in [6, 6.07) is 9.05. The quantitative estimate of drug-likeness (QED) is 0.532. The highest BCUT2D eigenvalue weighted by Gasteiger charge is 1.80. The van der Waals surface area contributed by atoms with Crippen LogP contribution in [0.4, 0.5) is 0 Å². The fourth-order valence-corrected chi connectivity index (χ4v) is 0.440. The standard InChI is InChI=1S/C7H7O/c1-8-7-5-3-2-4-6-7/h3-6H,1H3/i1D3. The molecular weight excluding hydrogens is 100 g/mol. The summed E-state index contributed by atoms with van der Waals surface area (Å²) < 4.78 is 24.9.